The fourth-order valence-electron chi connectivity index (χ4n) is 2.28. The Morgan fingerprint density at radius 3 is 2.74 bits per heavy atom. The molecule has 0 spiro atoms. The average Bonchev–Trinajstić information content (AvgIpc) is 2.85. The normalized spacial score (nSPS) is 11.0. The van der Waals surface area contributed by atoms with Crippen LogP contribution < -0.4 is 0 Å². The lowest BCUT2D eigenvalue weighted by Crippen LogP contribution is -2.11. The minimum atomic E-state index is -0.810. The first-order chi connectivity index (χ1) is 11.0. The Bertz CT molecular complexity index is 906. The van der Waals surface area contributed by atoms with E-state index in [0.29, 0.717) is 11.3 Å². The third kappa shape index (κ3) is 2.65. The van der Waals surface area contributed by atoms with Gasteiger partial charge in [0, 0.05) is 11.6 Å². The molecule has 0 bridgehead atoms. The maximum Gasteiger partial charge on any atom is 0.359 e. The molecule has 3 aromatic rings. The van der Waals surface area contributed by atoms with Crippen LogP contribution in [0.2, 0.25) is 0 Å². The summed E-state index contributed by atoms with van der Waals surface area (Å²) in [6.07, 6.45) is 0. The molecule has 0 unspecified atom stereocenters. The monoisotopic (exact) mass is 317 g/mol. The number of carbonyl (C=O) groups is 1. The van der Waals surface area contributed by atoms with Crippen molar-refractivity contribution in [2.45, 2.75) is 13.8 Å². The van der Waals surface area contributed by atoms with E-state index in [0.717, 1.165) is 12.1 Å². The van der Waals surface area contributed by atoms with Gasteiger partial charge < -0.3 is 4.74 Å². The number of halogens is 2. The Balaban J connectivity index is 2.31. The number of hydrogen-bond donors (Lipinski definition) is 0. The van der Waals surface area contributed by atoms with Crippen molar-refractivity contribution in [3.63, 3.8) is 0 Å². The molecule has 0 aliphatic rings. The average molecular weight is 317 g/mol. The van der Waals surface area contributed by atoms with Gasteiger partial charge in [-0.25, -0.2) is 23.1 Å². The molecule has 0 N–H and O–H groups in total. The van der Waals surface area contributed by atoms with Gasteiger partial charge in [-0.2, -0.15) is 5.10 Å². The molecule has 0 amide bonds. The molecule has 7 heteroatoms. The summed E-state index contributed by atoms with van der Waals surface area (Å²) < 4.78 is 33.6. The summed E-state index contributed by atoms with van der Waals surface area (Å²) >= 11 is 0. The molecule has 0 fully saturated rings. The summed E-state index contributed by atoms with van der Waals surface area (Å²) in [6, 6.07) is 6.48. The quantitative estimate of drug-likeness (QED) is 0.696. The number of nitrogens with zero attached hydrogens (tertiary/aromatic N) is 3. The summed E-state index contributed by atoms with van der Waals surface area (Å²) in [5.74, 6) is -2.19. The molecule has 0 saturated carbocycles. The Kier molecular flexibility index (Phi) is 3.77. The Hall–Kier alpha value is -2.83. The number of fused-ring (bicyclic) bond motifs is 1. The topological polar surface area (TPSA) is 56.5 Å². The predicted octanol–water partition coefficient (Wildman–Crippen LogP) is 3.16. The van der Waals surface area contributed by atoms with E-state index < -0.39 is 17.6 Å². The minimum Gasteiger partial charge on any atom is -0.461 e. The van der Waals surface area contributed by atoms with E-state index in [4.69, 9.17) is 4.74 Å². The van der Waals surface area contributed by atoms with E-state index in [1.165, 1.54) is 10.6 Å². The van der Waals surface area contributed by atoms with Crippen molar-refractivity contribution in [3.05, 3.63) is 53.4 Å². The molecule has 23 heavy (non-hydrogen) atoms. The van der Waals surface area contributed by atoms with E-state index in [1.54, 1.807) is 26.0 Å². The standard InChI is InChI=1S/C16H13F2N3O2/c1-3-23-16(22)15-14(11-6-5-10(17)8-12(11)18)19-13-7-4-9(2)20-21(13)15/h4-8H,3H2,1-2H3. The third-order valence-corrected chi connectivity index (χ3v) is 3.27. The van der Waals surface area contributed by atoms with Crippen molar-refractivity contribution < 1.29 is 18.3 Å². The fourth-order valence-corrected chi connectivity index (χ4v) is 2.28. The highest BCUT2D eigenvalue weighted by Gasteiger charge is 2.24. The number of ether oxygens (including phenoxy) is 1. The van der Waals surface area contributed by atoms with E-state index in [-0.39, 0.29) is 23.6 Å². The molecule has 0 radical (unpaired) electrons. The molecule has 0 aliphatic carbocycles. The number of rotatable bonds is 3. The van der Waals surface area contributed by atoms with Crippen molar-refractivity contribution in [1.82, 2.24) is 14.6 Å². The predicted molar refractivity (Wildman–Crippen MR) is 79.0 cm³/mol. The second-order valence-electron chi connectivity index (χ2n) is 4.90. The molecule has 5 nitrogen and oxygen atoms in total. The molecule has 0 atom stereocenters. The zero-order valence-electron chi connectivity index (χ0n) is 12.5. The van der Waals surface area contributed by atoms with E-state index >= 15 is 0 Å². The fraction of sp³-hybridized carbons (Fsp3) is 0.188. The Morgan fingerprint density at radius 2 is 2.04 bits per heavy atom. The number of imidazole rings is 1. The van der Waals surface area contributed by atoms with E-state index in [1.807, 2.05) is 0 Å². The van der Waals surface area contributed by atoms with Gasteiger partial charge in [-0.3, -0.25) is 0 Å². The van der Waals surface area contributed by atoms with E-state index in [9.17, 15) is 13.6 Å². The van der Waals surface area contributed by atoms with Crippen LogP contribution in [0, 0.1) is 18.6 Å². The van der Waals surface area contributed by atoms with Crippen LogP contribution in [0.15, 0.2) is 30.3 Å². The number of hydrogen-bond acceptors (Lipinski definition) is 4. The van der Waals surface area contributed by atoms with Crippen LogP contribution in [0.4, 0.5) is 8.78 Å². The number of aryl methyl sites for hydroxylation is 1. The van der Waals surface area contributed by atoms with Crippen LogP contribution >= 0.6 is 0 Å². The third-order valence-electron chi connectivity index (χ3n) is 3.27. The van der Waals surface area contributed by atoms with Gasteiger partial charge in [0.05, 0.1) is 12.3 Å². The van der Waals surface area contributed by atoms with Crippen molar-refractivity contribution in [2.24, 2.45) is 0 Å². The zero-order chi connectivity index (χ0) is 16.6. The first-order valence-electron chi connectivity index (χ1n) is 7.00. The lowest BCUT2D eigenvalue weighted by atomic mass is 10.1. The number of aromatic nitrogens is 3. The van der Waals surface area contributed by atoms with E-state index in [2.05, 4.69) is 10.1 Å². The highest BCUT2D eigenvalue weighted by atomic mass is 19.1. The second kappa shape index (κ2) is 5.75. The number of esters is 1. The Morgan fingerprint density at radius 1 is 1.26 bits per heavy atom. The van der Waals surface area contributed by atoms with Crippen LogP contribution in [0.3, 0.4) is 0 Å². The van der Waals surface area contributed by atoms with Crippen LogP contribution in [0.5, 0.6) is 0 Å². The molecule has 2 heterocycles. The lowest BCUT2D eigenvalue weighted by Gasteiger charge is -2.05. The first kappa shape index (κ1) is 15.1. The summed E-state index contributed by atoms with van der Waals surface area (Å²) in [4.78, 5) is 16.5. The molecule has 3 rings (SSSR count). The van der Waals surface area contributed by atoms with Crippen molar-refractivity contribution >= 4 is 11.6 Å². The second-order valence-corrected chi connectivity index (χ2v) is 4.90. The SMILES string of the molecule is CCOC(=O)c1c(-c2ccc(F)cc2F)nc2ccc(C)nn12. The van der Waals surface area contributed by atoms with Gasteiger partial charge in [0.25, 0.3) is 0 Å². The Labute approximate surface area is 130 Å². The summed E-state index contributed by atoms with van der Waals surface area (Å²) in [6.45, 7) is 3.58. The van der Waals surface area contributed by atoms with Crippen LogP contribution in [-0.2, 0) is 4.74 Å². The van der Waals surface area contributed by atoms with Gasteiger partial charge in [0.2, 0.25) is 0 Å². The van der Waals surface area contributed by atoms with Gasteiger partial charge in [-0.05, 0) is 38.1 Å². The largest absolute Gasteiger partial charge is 0.461 e. The van der Waals surface area contributed by atoms with Crippen LogP contribution in [0.25, 0.3) is 16.9 Å². The maximum atomic E-state index is 14.1. The molecule has 118 valence electrons. The van der Waals surface area contributed by atoms with Gasteiger partial charge in [-0.1, -0.05) is 0 Å². The lowest BCUT2D eigenvalue weighted by molar-refractivity contribution is 0.0517. The van der Waals surface area contributed by atoms with Gasteiger partial charge in [0.1, 0.15) is 17.3 Å². The summed E-state index contributed by atoms with van der Waals surface area (Å²) in [7, 11) is 0. The first-order valence-corrected chi connectivity index (χ1v) is 7.00. The molecule has 0 aliphatic heterocycles. The zero-order valence-corrected chi connectivity index (χ0v) is 12.5. The molecule has 0 saturated heterocycles. The molecular weight excluding hydrogens is 304 g/mol. The molecule has 1 aromatic carbocycles. The molecular formula is C16H13F2N3O2. The highest BCUT2D eigenvalue weighted by molar-refractivity contribution is 5.95. The number of benzene rings is 1. The summed E-state index contributed by atoms with van der Waals surface area (Å²) in [5, 5.41) is 4.23. The van der Waals surface area contributed by atoms with Crippen molar-refractivity contribution in [3.8, 4) is 11.3 Å². The minimum absolute atomic E-state index is 0.0102. The molecule has 2 aromatic heterocycles. The highest BCUT2D eigenvalue weighted by Crippen LogP contribution is 2.27. The summed E-state index contributed by atoms with van der Waals surface area (Å²) in [5.41, 5.74) is 1.12. The van der Waals surface area contributed by atoms with Crippen molar-refractivity contribution in [1.29, 1.82) is 0 Å². The number of carbonyl (C=O) groups excluding carboxylic acids is 1. The van der Waals surface area contributed by atoms with Crippen LogP contribution in [-0.4, -0.2) is 27.2 Å². The van der Waals surface area contributed by atoms with Gasteiger partial charge in [-0.15, -0.1) is 0 Å². The maximum absolute atomic E-state index is 14.1. The van der Waals surface area contributed by atoms with Crippen LogP contribution in [0.1, 0.15) is 23.1 Å². The smallest absolute Gasteiger partial charge is 0.359 e. The van der Waals surface area contributed by atoms with Gasteiger partial charge >= 0.3 is 5.97 Å². The van der Waals surface area contributed by atoms with Crippen molar-refractivity contribution in [2.75, 3.05) is 6.61 Å². The van der Waals surface area contributed by atoms with Gasteiger partial charge in [0.15, 0.2) is 11.3 Å².